The predicted octanol–water partition coefficient (Wildman–Crippen LogP) is 1.62. The van der Waals surface area contributed by atoms with Crippen LogP contribution >= 0.6 is 0 Å². The highest BCUT2D eigenvalue weighted by Gasteiger charge is 2.18. The van der Waals surface area contributed by atoms with Crippen molar-refractivity contribution in [3.8, 4) is 0 Å². The first-order chi connectivity index (χ1) is 9.47. The first-order valence-electron chi connectivity index (χ1n) is 6.46. The van der Waals surface area contributed by atoms with E-state index in [9.17, 15) is 8.42 Å². The molecule has 1 unspecified atom stereocenters. The van der Waals surface area contributed by atoms with Gasteiger partial charge in [-0.1, -0.05) is 12.1 Å². The minimum Gasteiger partial charge on any atom is -0.308 e. The highest BCUT2D eigenvalue weighted by atomic mass is 32.2. The summed E-state index contributed by atoms with van der Waals surface area (Å²) in [6.07, 6.45) is 2.97. The Labute approximate surface area is 119 Å². The maximum Gasteiger partial charge on any atom is 0.175 e. The summed E-state index contributed by atoms with van der Waals surface area (Å²) >= 11 is 0. The van der Waals surface area contributed by atoms with Crippen LogP contribution in [0.15, 0.2) is 41.4 Å². The van der Waals surface area contributed by atoms with Gasteiger partial charge < -0.3 is 5.32 Å². The molecule has 1 aromatic carbocycles. The summed E-state index contributed by atoms with van der Waals surface area (Å²) in [6.45, 7) is 2.79. The molecule has 0 fully saturated rings. The molecule has 0 bridgehead atoms. The molecule has 1 aromatic heterocycles. The van der Waals surface area contributed by atoms with E-state index < -0.39 is 9.84 Å². The molecule has 2 aromatic rings. The lowest BCUT2D eigenvalue weighted by atomic mass is 10.0. The van der Waals surface area contributed by atoms with Crippen LogP contribution in [0.2, 0.25) is 0 Å². The lowest BCUT2D eigenvalue weighted by Gasteiger charge is -2.18. The zero-order valence-corrected chi connectivity index (χ0v) is 12.7. The van der Waals surface area contributed by atoms with Gasteiger partial charge in [0.15, 0.2) is 9.84 Å². The third-order valence-electron chi connectivity index (χ3n) is 3.25. The molecule has 0 spiro atoms. The maximum atomic E-state index is 11.7. The van der Waals surface area contributed by atoms with Gasteiger partial charge in [-0.15, -0.1) is 0 Å². The van der Waals surface area contributed by atoms with Crippen molar-refractivity contribution in [3.05, 3.63) is 47.8 Å². The van der Waals surface area contributed by atoms with Crippen LogP contribution in [-0.4, -0.2) is 31.5 Å². The van der Waals surface area contributed by atoms with Gasteiger partial charge in [-0.05, 0) is 37.7 Å². The van der Waals surface area contributed by atoms with Crippen molar-refractivity contribution in [2.24, 2.45) is 0 Å². The molecule has 1 N–H and O–H groups in total. The Morgan fingerprint density at radius 1 is 1.35 bits per heavy atom. The third kappa shape index (κ3) is 2.91. The summed E-state index contributed by atoms with van der Waals surface area (Å²) in [5, 5.41) is 7.48. The quantitative estimate of drug-likeness (QED) is 0.910. The molecular formula is C14H19N3O2S. The van der Waals surface area contributed by atoms with E-state index in [1.807, 2.05) is 30.8 Å². The van der Waals surface area contributed by atoms with Crippen LogP contribution in [0, 0.1) is 0 Å². The molecule has 0 aliphatic rings. The first-order valence-corrected chi connectivity index (χ1v) is 8.35. The molecule has 0 aliphatic heterocycles. The second-order valence-electron chi connectivity index (χ2n) is 4.64. The number of aryl methyl sites for hydroxylation is 1. The average Bonchev–Trinajstić information content (AvgIpc) is 2.87. The highest BCUT2D eigenvalue weighted by molar-refractivity contribution is 7.90. The van der Waals surface area contributed by atoms with Crippen molar-refractivity contribution in [2.45, 2.75) is 24.4 Å². The summed E-state index contributed by atoms with van der Waals surface area (Å²) in [7, 11) is -1.35. The SMILES string of the molecule is CCn1nccc1C(NC)c1cccc(S(C)(=O)=O)c1. The molecule has 1 heterocycles. The molecule has 0 saturated heterocycles. The number of aromatic nitrogens is 2. The monoisotopic (exact) mass is 293 g/mol. The van der Waals surface area contributed by atoms with Crippen LogP contribution in [0.3, 0.4) is 0 Å². The Kier molecular flexibility index (Phi) is 4.25. The van der Waals surface area contributed by atoms with E-state index in [1.54, 1.807) is 24.4 Å². The molecule has 5 nitrogen and oxygen atoms in total. The molecule has 0 saturated carbocycles. The van der Waals surface area contributed by atoms with E-state index in [0.717, 1.165) is 17.8 Å². The summed E-state index contributed by atoms with van der Waals surface area (Å²) in [5.74, 6) is 0. The average molecular weight is 293 g/mol. The Balaban J connectivity index is 2.48. The lowest BCUT2D eigenvalue weighted by Crippen LogP contribution is -2.21. The van der Waals surface area contributed by atoms with Crippen molar-refractivity contribution >= 4 is 9.84 Å². The number of hydrogen-bond acceptors (Lipinski definition) is 4. The molecule has 1 atom stereocenters. The van der Waals surface area contributed by atoms with Gasteiger partial charge >= 0.3 is 0 Å². The number of rotatable bonds is 5. The number of sulfone groups is 1. The first kappa shape index (κ1) is 14.7. The third-order valence-corrected chi connectivity index (χ3v) is 4.36. The summed E-state index contributed by atoms with van der Waals surface area (Å²) < 4.78 is 25.2. The molecule has 6 heteroatoms. The summed E-state index contributed by atoms with van der Waals surface area (Å²) in [4.78, 5) is 0.331. The van der Waals surface area contributed by atoms with Crippen molar-refractivity contribution in [1.82, 2.24) is 15.1 Å². The fourth-order valence-corrected chi connectivity index (χ4v) is 2.94. The van der Waals surface area contributed by atoms with Crippen molar-refractivity contribution in [3.63, 3.8) is 0 Å². The van der Waals surface area contributed by atoms with Crippen LogP contribution < -0.4 is 5.32 Å². The second-order valence-corrected chi connectivity index (χ2v) is 6.65. The Bertz CT molecular complexity index is 692. The van der Waals surface area contributed by atoms with Crippen molar-refractivity contribution < 1.29 is 8.42 Å². The van der Waals surface area contributed by atoms with Gasteiger partial charge in [-0.25, -0.2) is 8.42 Å². The van der Waals surface area contributed by atoms with Gasteiger partial charge in [-0.3, -0.25) is 4.68 Å². The zero-order chi connectivity index (χ0) is 14.8. The Morgan fingerprint density at radius 3 is 2.70 bits per heavy atom. The second kappa shape index (κ2) is 5.76. The molecule has 2 rings (SSSR count). The summed E-state index contributed by atoms with van der Waals surface area (Å²) in [6, 6.07) is 8.87. The fourth-order valence-electron chi connectivity index (χ4n) is 2.26. The largest absolute Gasteiger partial charge is 0.308 e. The van der Waals surface area contributed by atoms with Gasteiger partial charge in [-0.2, -0.15) is 5.10 Å². The molecule has 0 radical (unpaired) electrons. The van der Waals surface area contributed by atoms with E-state index in [4.69, 9.17) is 0 Å². The molecule has 108 valence electrons. The normalized spacial score (nSPS) is 13.3. The van der Waals surface area contributed by atoms with E-state index in [1.165, 1.54) is 6.26 Å². The van der Waals surface area contributed by atoms with E-state index in [0.29, 0.717) is 4.90 Å². The molecule has 0 amide bonds. The Hall–Kier alpha value is -1.66. The van der Waals surface area contributed by atoms with Gasteiger partial charge in [0.1, 0.15) is 0 Å². The molecular weight excluding hydrogens is 274 g/mol. The lowest BCUT2D eigenvalue weighted by molar-refractivity contribution is 0.562. The van der Waals surface area contributed by atoms with Crippen molar-refractivity contribution in [2.75, 3.05) is 13.3 Å². The minimum atomic E-state index is -3.20. The van der Waals surface area contributed by atoms with Crippen LogP contribution in [0.25, 0.3) is 0 Å². The minimum absolute atomic E-state index is 0.0841. The van der Waals surface area contributed by atoms with Gasteiger partial charge in [0.2, 0.25) is 0 Å². The van der Waals surface area contributed by atoms with E-state index >= 15 is 0 Å². The fraction of sp³-hybridized carbons (Fsp3) is 0.357. The van der Waals surface area contributed by atoms with Crippen LogP contribution in [0.4, 0.5) is 0 Å². The molecule has 0 aliphatic carbocycles. The van der Waals surface area contributed by atoms with E-state index in [2.05, 4.69) is 10.4 Å². The zero-order valence-electron chi connectivity index (χ0n) is 11.9. The topological polar surface area (TPSA) is 64.0 Å². The van der Waals surface area contributed by atoms with Gasteiger partial charge in [0.05, 0.1) is 16.6 Å². The number of nitrogens with one attached hydrogen (secondary N) is 1. The van der Waals surface area contributed by atoms with Crippen LogP contribution in [0.1, 0.15) is 24.2 Å². The van der Waals surface area contributed by atoms with Crippen LogP contribution in [-0.2, 0) is 16.4 Å². The highest BCUT2D eigenvalue weighted by Crippen LogP contribution is 2.23. The van der Waals surface area contributed by atoms with Gasteiger partial charge in [0, 0.05) is 19.0 Å². The standard InChI is InChI=1S/C14H19N3O2S/c1-4-17-13(8-9-16-17)14(15-2)11-6-5-7-12(10-11)20(3,18)19/h5-10,14-15H,4H2,1-3H3. The van der Waals surface area contributed by atoms with Gasteiger partial charge in [0.25, 0.3) is 0 Å². The number of benzene rings is 1. The smallest absolute Gasteiger partial charge is 0.175 e. The predicted molar refractivity (Wildman–Crippen MR) is 78.4 cm³/mol. The van der Waals surface area contributed by atoms with Crippen LogP contribution in [0.5, 0.6) is 0 Å². The summed E-state index contributed by atoms with van der Waals surface area (Å²) in [5.41, 5.74) is 1.92. The number of hydrogen-bond donors (Lipinski definition) is 1. The van der Waals surface area contributed by atoms with E-state index in [-0.39, 0.29) is 6.04 Å². The Morgan fingerprint density at radius 2 is 2.10 bits per heavy atom. The molecule has 20 heavy (non-hydrogen) atoms. The maximum absolute atomic E-state index is 11.7. The van der Waals surface area contributed by atoms with Crippen molar-refractivity contribution in [1.29, 1.82) is 0 Å². The number of nitrogens with zero attached hydrogens (tertiary/aromatic N) is 2.